The molecule has 0 aromatic heterocycles. The molecule has 3 heteroatoms. The second-order valence-corrected chi connectivity index (χ2v) is 5.79. The molecule has 0 radical (unpaired) electrons. The summed E-state index contributed by atoms with van der Waals surface area (Å²) in [6, 6.07) is 8.15. The van der Waals surface area contributed by atoms with Gasteiger partial charge >= 0.3 is 0 Å². The van der Waals surface area contributed by atoms with Crippen LogP contribution in [0.4, 0.5) is 0 Å². The molecular weight excluding hydrogens is 276 g/mol. The maximum absolute atomic E-state index is 5.86. The molecule has 0 aliphatic carbocycles. The van der Waals surface area contributed by atoms with Crippen molar-refractivity contribution in [2.45, 2.75) is 65.4 Å². The fourth-order valence-corrected chi connectivity index (χ4v) is 2.18. The summed E-state index contributed by atoms with van der Waals surface area (Å²) < 4.78 is 17.1. The van der Waals surface area contributed by atoms with Crippen LogP contribution in [0.25, 0.3) is 0 Å². The number of ether oxygens (including phenoxy) is 3. The van der Waals surface area contributed by atoms with Gasteiger partial charge in [-0.3, -0.25) is 0 Å². The maximum Gasteiger partial charge on any atom is 0.147 e. The van der Waals surface area contributed by atoms with Crippen LogP contribution >= 0.6 is 0 Å². The van der Waals surface area contributed by atoms with Gasteiger partial charge in [0.15, 0.2) is 0 Å². The summed E-state index contributed by atoms with van der Waals surface area (Å²) in [5.74, 6) is 0.905. The Morgan fingerprint density at radius 1 is 0.955 bits per heavy atom. The molecule has 1 atom stereocenters. The second kappa shape index (κ2) is 12.5. The molecule has 0 fully saturated rings. The van der Waals surface area contributed by atoms with Crippen LogP contribution in [0.5, 0.6) is 5.75 Å². The Balaban J connectivity index is 2.33. The number of hydrogen-bond acceptors (Lipinski definition) is 3. The molecule has 1 rings (SSSR count). The van der Waals surface area contributed by atoms with E-state index in [1.165, 1.54) is 31.2 Å². The molecule has 22 heavy (non-hydrogen) atoms. The van der Waals surface area contributed by atoms with Crippen molar-refractivity contribution < 1.29 is 14.2 Å². The van der Waals surface area contributed by atoms with E-state index >= 15 is 0 Å². The first-order valence-corrected chi connectivity index (χ1v) is 8.65. The van der Waals surface area contributed by atoms with E-state index < -0.39 is 0 Å². The van der Waals surface area contributed by atoms with Crippen LogP contribution in [0.2, 0.25) is 0 Å². The largest absolute Gasteiger partial charge is 0.491 e. The average Bonchev–Trinajstić information content (AvgIpc) is 2.54. The molecule has 3 nitrogen and oxygen atoms in total. The van der Waals surface area contributed by atoms with Crippen LogP contribution in [0.15, 0.2) is 24.3 Å². The van der Waals surface area contributed by atoms with Crippen LogP contribution in [0.1, 0.15) is 57.9 Å². The van der Waals surface area contributed by atoms with E-state index in [9.17, 15) is 0 Å². The Bertz CT molecular complexity index is 349. The Morgan fingerprint density at radius 3 is 2.41 bits per heavy atom. The van der Waals surface area contributed by atoms with Crippen molar-refractivity contribution in [3.05, 3.63) is 29.8 Å². The van der Waals surface area contributed by atoms with Gasteiger partial charge in [0.1, 0.15) is 19.1 Å². The summed E-state index contributed by atoms with van der Waals surface area (Å²) in [4.78, 5) is 0. The summed E-state index contributed by atoms with van der Waals surface area (Å²) in [6.45, 7) is 8.11. The van der Waals surface area contributed by atoms with E-state index in [-0.39, 0.29) is 6.10 Å². The minimum Gasteiger partial charge on any atom is -0.491 e. The molecule has 0 spiro atoms. The van der Waals surface area contributed by atoms with Gasteiger partial charge in [-0.1, -0.05) is 57.2 Å². The highest BCUT2D eigenvalue weighted by molar-refractivity contribution is 5.26. The molecular formula is C19H32O3. The lowest BCUT2D eigenvalue weighted by molar-refractivity contribution is -0.102. The van der Waals surface area contributed by atoms with Gasteiger partial charge in [0.25, 0.3) is 0 Å². The lowest BCUT2D eigenvalue weighted by atomic mass is 10.1. The number of benzene rings is 1. The molecule has 0 aliphatic heterocycles. The molecule has 1 aromatic rings. The van der Waals surface area contributed by atoms with Gasteiger partial charge in [-0.05, 0) is 31.9 Å². The molecule has 1 unspecified atom stereocenters. The lowest BCUT2D eigenvalue weighted by Gasteiger charge is -2.18. The third kappa shape index (κ3) is 9.06. The molecule has 1 aromatic carbocycles. The average molecular weight is 308 g/mol. The highest BCUT2D eigenvalue weighted by Crippen LogP contribution is 2.14. The standard InChI is InChI=1S/C19H32O3/c1-4-6-7-8-9-19(22-16-20-14-5-2)15-21-18-12-10-17(3)11-13-18/h10-13,19H,4-9,14-16H2,1-3H3. The molecule has 0 saturated heterocycles. The van der Waals surface area contributed by atoms with Crippen LogP contribution in [-0.2, 0) is 9.47 Å². The highest BCUT2D eigenvalue weighted by atomic mass is 16.7. The van der Waals surface area contributed by atoms with Crippen LogP contribution < -0.4 is 4.74 Å². The highest BCUT2D eigenvalue weighted by Gasteiger charge is 2.10. The molecule has 0 bridgehead atoms. The number of aryl methyl sites for hydroxylation is 1. The molecule has 0 amide bonds. The van der Waals surface area contributed by atoms with Crippen LogP contribution in [-0.4, -0.2) is 26.1 Å². The number of unbranched alkanes of at least 4 members (excludes halogenated alkanes) is 3. The first kappa shape index (κ1) is 19.0. The van der Waals surface area contributed by atoms with Gasteiger partial charge in [0.05, 0.1) is 6.10 Å². The summed E-state index contributed by atoms with van der Waals surface area (Å²) in [7, 11) is 0. The van der Waals surface area contributed by atoms with Crippen molar-refractivity contribution in [1.29, 1.82) is 0 Å². The van der Waals surface area contributed by atoms with E-state index in [4.69, 9.17) is 14.2 Å². The smallest absolute Gasteiger partial charge is 0.147 e. The summed E-state index contributed by atoms with van der Waals surface area (Å²) in [5, 5.41) is 0. The fourth-order valence-electron chi connectivity index (χ4n) is 2.18. The van der Waals surface area contributed by atoms with Crippen LogP contribution in [0, 0.1) is 6.92 Å². The van der Waals surface area contributed by atoms with Crippen molar-refractivity contribution in [3.8, 4) is 5.75 Å². The zero-order valence-corrected chi connectivity index (χ0v) is 14.5. The third-order valence-electron chi connectivity index (χ3n) is 3.57. The predicted molar refractivity (Wildman–Crippen MR) is 91.4 cm³/mol. The van der Waals surface area contributed by atoms with Gasteiger partial charge in [-0.15, -0.1) is 0 Å². The first-order chi connectivity index (χ1) is 10.8. The van der Waals surface area contributed by atoms with E-state index in [0.29, 0.717) is 13.4 Å². The minimum atomic E-state index is 0.106. The Morgan fingerprint density at radius 2 is 1.73 bits per heavy atom. The van der Waals surface area contributed by atoms with Crippen LogP contribution in [0.3, 0.4) is 0 Å². The monoisotopic (exact) mass is 308 g/mol. The third-order valence-corrected chi connectivity index (χ3v) is 3.57. The summed E-state index contributed by atoms with van der Waals surface area (Å²) >= 11 is 0. The zero-order chi connectivity index (χ0) is 16.0. The topological polar surface area (TPSA) is 27.7 Å². The normalized spacial score (nSPS) is 12.3. The van der Waals surface area contributed by atoms with Gasteiger partial charge in [0, 0.05) is 6.61 Å². The van der Waals surface area contributed by atoms with Gasteiger partial charge in [-0.2, -0.15) is 0 Å². The number of rotatable bonds is 13. The molecule has 0 N–H and O–H groups in total. The molecule has 0 aliphatic rings. The molecule has 126 valence electrons. The quantitative estimate of drug-likeness (QED) is 0.374. The van der Waals surface area contributed by atoms with Gasteiger partial charge in [0.2, 0.25) is 0 Å². The number of hydrogen-bond donors (Lipinski definition) is 0. The summed E-state index contributed by atoms with van der Waals surface area (Å²) in [5.41, 5.74) is 1.24. The first-order valence-electron chi connectivity index (χ1n) is 8.65. The minimum absolute atomic E-state index is 0.106. The van der Waals surface area contributed by atoms with Crippen molar-refractivity contribution >= 4 is 0 Å². The van der Waals surface area contributed by atoms with Gasteiger partial charge in [-0.25, -0.2) is 0 Å². The zero-order valence-electron chi connectivity index (χ0n) is 14.5. The Kier molecular flexibility index (Phi) is 10.8. The van der Waals surface area contributed by atoms with Gasteiger partial charge < -0.3 is 14.2 Å². The van der Waals surface area contributed by atoms with Crippen molar-refractivity contribution in [3.63, 3.8) is 0 Å². The van der Waals surface area contributed by atoms with Crippen molar-refractivity contribution in [2.24, 2.45) is 0 Å². The SMILES string of the molecule is CCCCCCC(COc1ccc(C)cc1)OCOCCC. The fraction of sp³-hybridized carbons (Fsp3) is 0.684. The summed E-state index contributed by atoms with van der Waals surface area (Å²) in [6.07, 6.45) is 7.14. The Hall–Kier alpha value is -1.06. The maximum atomic E-state index is 5.86. The van der Waals surface area contributed by atoms with E-state index in [1.807, 2.05) is 12.1 Å². The predicted octanol–water partition coefficient (Wildman–Crippen LogP) is 5.11. The second-order valence-electron chi connectivity index (χ2n) is 5.79. The Labute approximate surface area is 136 Å². The molecule has 0 heterocycles. The molecule has 0 saturated carbocycles. The van der Waals surface area contributed by atoms with Crippen molar-refractivity contribution in [2.75, 3.05) is 20.0 Å². The lowest BCUT2D eigenvalue weighted by Crippen LogP contribution is -2.23. The van der Waals surface area contributed by atoms with E-state index in [2.05, 4.69) is 32.9 Å². The van der Waals surface area contributed by atoms with E-state index in [0.717, 1.165) is 25.2 Å². The van der Waals surface area contributed by atoms with Crippen molar-refractivity contribution in [1.82, 2.24) is 0 Å². The van der Waals surface area contributed by atoms with E-state index in [1.54, 1.807) is 0 Å².